The van der Waals surface area contributed by atoms with Gasteiger partial charge in [0.15, 0.2) is 5.96 Å². The van der Waals surface area contributed by atoms with Gasteiger partial charge in [-0.1, -0.05) is 19.9 Å². The minimum absolute atomic E-state index is 0. The summed E-state index contributed by atoms with van der Waals surface area (Å²) in [6.45, 7) is 10.6. The lowest BCUT2D eigenvalue weighted by Crippen LogP contribution is -2.49. The first-order valence-corrected chi connectivity index (χ1v) is 10.6. The molecule has 0 aliphatic carbocycles. The summed E-state index contributed by atoms with van der Waals surface area (Å²) >= 11 is 1.84. The van der Waals surface area contributed by atoms with Crippen LogP contribution in [0, 0.1) is 11.8 Å². The number of thiophene rings is 1. The van der Waals surface area contributed by atoms with Crippen molar-refractivity contribution in [1.29, 1.82) is 0 Å². The Labute approximate surface area is 184 Å². The van der Waals surface area contributed by atoms with E-state index in [1.54, 1.807) is 0 Å². The minimum Gasteiger partial charge on any atom is -0.357 e. The number of likely N-dealkylation sites (tertiary alicyclic amines) is 1. The highest BCUT2D eigenvalue weighted by atomic mass is 127. The number of nitrogens with zero attached hydrogens (tertiary/aromatic N) is 4. The molecule has 2 aromatic rings. The second-order valence-electron chi connectivity index (χ2n) is 7.37. The van der Waals surface area contributed by atoms with Crippen LogP contribution in [0.25, 0.3) is 0 Å². The number of guanidine groups is 1. The first kappa shape index (κ1) is 22.2. The van der Waals surface area contributed by atoms with Gasteiger partial charge >= 0.3 is 0 Å². The van der Waals surface area contributed by atoms with E-state index in [0.717, 1.165) is 38.6 Å². The Morgan fingerprint density at radius 1 is 1.48 bits per heavy atom. The smallest absolute Gasteiger partial charge is 0.193 e. The average molecular weight is 501 g/mol. The molecule has 27 heavy (non-hydrogen) atoms. The predicted octanol–water partition coefficient (Wildman–Crippen LogP) is 4.29. The third-order valence-corrected chi connectivity index (χ3v) is 6.04. The largest absolute Gasteiger partial charge is 0.357 e. The van der Waals surface area contributed by atoms with Crippen LogP contribution in [0.1, 0.15) is 38.1 Å². The number of hydrogen-bond acceptors (Lipinski definition) is 3. The topological polar surface area (TPSA) is 45.5 Å². The fourth-order valence-corrected chi connectivity index (χ4v) is 4.47. The molecule has 0 amide bonds. The van der Waals surface area contributed by atoms with Crippen molar-refractivity contribution in [3.63, 3.8) is 0 Å². The molecule has 3 heterocycles. The van der Waals surface area contributed by atoms with Crippen LogP contribution in [0.5, 0.6) is 0 Å². The quantitative estimate of drug-likeness (QED) is 0.365. The second-order valence-corrected chi connectivity index (χ2v) is 8.40. The highest BCUT2D eigenvalue weighted by Gasteiger charge is 2.28. The van der Waals surface area contributed by atoms with E-state index in [-0.39, 0.29) is 24.0 Å². The van der Waals surface area contributed by atoms with Crippen molar-refractivity contribution in [3.05, 3.63) is 41.1 Å². The molecule has 0 radical (unpaired) electrons. The Bertz CT molecular complexity index is 671. The number of halogens is 1. The van der Waals surface area contributed by atoms with Crippen LogP contribution in [0.2, 0.25) is 0 Å². The number of aliphatic imine (C=N–C) groups is 1. The van der Waals surface area contributed by atoms with Gasteiger partial charge in [0.2, 0.25) is 0 Å². The van der Waals surface area contributed by atoms with Crippen molar-refractivity contribution in [2.45, 2.75) is 39.7 Å². The van der Waals surface area contributed by atoms with Crippen molar-refractivity contribution < 1.29 is 0 Å². The molecule has 5 nitrogen and oxygen atoms in total. The van der Waals surface area contributed by atoms with Gasteiger partial charge < -0.3 is 14.8 Å². The lowest BCUT2D eigenvalue weighted by atomic mass is 9.93. The Morgan fingerprint density at radius 2 is 2.33 bits per heavy atom. The van der Waals surface area contributed by atoms with Gasteiger partial charge in [-0.05, 0) is 43.0 Å². The molecule has 1 fully saturated rings. The van der Waals surface area contributed by atoms with E-state index in [9.17, 15) is 0 Å². The molecule has 1 N–H and O–H groups in total. The molecule has 0 aromatic carbocycles. The maximum atomic E-state index is 4.97. The molecule has 7 heteroatoms. The molecule has 0 bridgehead atoms. The summed E-state index contributed by atoms with van der Waals surface area (Å²) in [7, 11) is 0. The molecule has 0 spiro atoms. The Balaban J connectivity index is 0.00000261. The summed E-state index contributed by atoms with van der Waals surface area (Å²) in [5.74, 6) is 2.26. The molecule has 1 aliphatic rings. The van der Waals surface area contributed by atoms with Gasteiger partial charge in [0.1, 0.15) is 0 Å². The van der Waals surface area contributed by atoms with Gasteiger partial charge in [0.25, 0.3) is 0 Å². The van der Waals surface area contributed by atoms with Crippen LogP contribution < -0.4 is 5.32 Å². The van der Waals surface area contributed by atoms with E-state index in [1.807, 2.05) is 23.9 Å². The fourth-order valence-electron chi connectivity index (χ4n) is 3.60. The Kier molecular flexibility index (Phi) is 9.08. The molecule has 1 aliphatic heterocycles. The predicted molar refractivity (Wildman–Crippen MR) is 125 cm³/mol. The zero-order valence-electron chi connectivity index (χ0n) is 16.5. The average Bonchev–Trinajstić information content (AvgIpc) is 3.33. The molecule has 3 atom stereocenters. The van der Waals surface area contributed by atoms with Gasteiger partial charge in [0, 0.05) is 43.4 Å². The van der Waals surface area contributed by atoms with Crippen LogP contribution in [0.3, 0.4) is 0 Å². The van der Waals surface area contributed by atoms with Crippen molar-refractivity contribution >= 4 is 41.3 Å². The minimum atomic E-state index is 0. The summed E-state index contributed by atoms with van der Waals surface area (Å²) in [4.78, 5) is 13.1. The van der Waals surface area contributed by atoms with Gasteiger partial charge in [-0.25, -0.2) is 4.98 Å². The van der Waals surface area contributed by atoms with Crippen LogP contribution in [-0.4, -0.2) is 46.6 Å². The zero-order chi connectivity index (χ0) is 18.4. The van der Waals surface area contributed by atoms with Gasteiger partial charge in [-0.15, -0.1) is 35.3 Å². The maximum Gasteiger partial charge on any atom is 0.193 e. The first-order valence-electron chi connectivity index (χ1n) is 9.70. The fraction of sp³-hybridized carbons (Fsp3) is 0.600. The number of imidazole rings is 1. The van der Waals surface area contributed by atoms with E-state index >= 15 is 0 Å². The third kappa shape index (κ3) is 6.20. The van der Waals surface area contributed by atoms with E-state index in [0.29, 0.717) is 17.9 Å². The number of piperidine rings is 1. The lowest BCUT2D eigenvalue weighted by molar-refractivity contribution is 0.189. The van der Waals surface area contributed by atoms with Gasteiger partial charge in [-0.3, -0.25) is 4.99 Å². The molecule has 0 saturated carbocycles. The molecule has 3 rings (SSSR count). The highest BCUT2D eigenvalue weighted by molar-refractivity contribution is 14.0. The zero-order valence-corrected chi connectivity index (χ0v) is 19.7. The SMILES string of the molecule is CCNC(=NCC(C)Cc1cccs1)N1CCC(C)C(n2ccnc2)C1.I. The number of rotatable bonds is 6. The van der Waals surface area contributed by atoms with Crippen molar-refractivity contribution in [2.75, 3.05) is 26.2 Å². The second kappa shape index (κ2) is 11.0. The van der Waals surface area contributed by atoms with Gasteiger partial charge in [0.05, 0.1) is 12.4 Å². The summed E-state index contributed by atoms with van der Waals surface area (Å²) in [5, 5.41) is 5.65. The Hall–Kier alpha value is -1.09. The van der Waals surface area contributed by atoms with Crippen LogP contribution >= 0.6 is 35.3 Å². The third-order valence-electron chi connectivity index (χ3n) is 5.14. The molecule has 2 aromatic heterocycles. The first-order chi connectivity index (χ1) is 12.7. The normalized spacial score (nSPS) is 21.6. The van der Waals surface area contributed by atoms with E-state index in [4.69, 9.17) is 4.99 Å². The number of hydrogen-bond donors (Lipinski definition) is 1. The number of nitrogens with one attached hydrogen (secondary N) is 1. The van der Waals surface area contributed by atoms with E-state index < -0.39 is 0 Å². The van der Waals surface area contributed by atoms with Crippen LogP contribution in [0.15, 0.2) is 41.2 Å². The highest BCUT2D eigenvalue weighted by Crippen LogP contribution is 2.27. The van der Waals surface area contributed by atoms with Crippen molar-refractivity contribution in [2.24, 2.45) is 16.8 Å². The molecule has 1 saturated heterocycles. The molecular formula is C20H32IN5S. The maximum absolute atomic E-state index is 4.97. The summed E-state index contributed by atoms with van der Waals surface area (Å²) in [6, 6.07) is 4.81. The van der Waals surface area contributed by atoms with Crippen molar-refractivity contribution in [1.82, 2.24) is 19.8 Å². The van der Waals surface area contributed by atoms with Gasteiger partial charge in [-0.2, -0.15) is 0 Å². The monoisotopic (exact) mass is 501 g/mol. The number of aromatic nitrogens is 2. The molecule has 150 valence electrons. The molecular weight excluding hydrogens is 469 g/mol. The summed E-state index contributed by atoms with van der Waals surface area (Å²) in [6.07, 6.45) is 8.18. The lowest BCUT2D eigenvalue weighted by Gasteiger charge is -2.39. The standard InChI is InChI=1S/C20H31N5S.HI/c1-4-22-20(23-13-16(2)12-18-6-5-11-26-18)24-9-7-17(3)19(14-24)25-10-8-21-15-25;/h5-6,8,10-11,15-17,19H,4,7,9,12-14H2,1-3H3,(H,22,23);1H. The van der Waals surface area contributed by atoms with E-state index in [1.165, 1.54) is 11.3 Å². The summed E-state index contributed by atoms with van der Waals surface area (Å²) in [5.41, 5.74) is 0. The van der Waals surface area contributed by atoms with Crippen molar-refractivity contribution in [3.8, 4) is 0 Å². The molecule has 3 unspecified atom stereocenters. The van der Waals surface area contributed by atoms with Crippen LogP contribution in [-0.2, 0) is 6.42 Å². The van der Waals surface area contributed by atoms with E-state index in [2.05, 4.69) is 64.2 Å². The van der Waals surface area contributed by atoms with Crippen LogP contribution in [0.4, 0.5) is 0 Å². The Morgan fingerprint density at radius 3 is 3.00 bits per heavy atom. The summed E-state index contributed by atoms with van der Waals surface area (Å²) < 4.78 is 2.25.